The van der Waals surface area contributed by atoms with Gasteiger partial charge in [-0.2, -0.15) is 0 Å². The lowest BCUT2D eigenvalue weighted by atomic mass is 10.1. The number of thiophene rings is 1. The van der Waals surface area contributed by atoms with Crippen LogP contribution < -0.4 is 5.63 Å². The zero-order chi connectivity index (χ0) is 11.3. The quantitative estimate of drug-likeness (QED) is 0.597. The van der Waals surface area contributed by atoms with Gasteiger partial charge >= 0.3 is 5.63 Å². The molecule has 0 aliphatic heterocycles. The second-order valence-electron chi connectivity index (χ2n) is 3.81. The van der Waals surface area contributed by atoms with Crippen molar-refractivity contribution in [1.29, 1.82) is 0 Å². The van der Waals surface area contributed by atoms with Gasteiger partial charge in [0, 0.05) is 16.5 Å². The van der Waals surface area contributed by atoms with Gasteiger partial charge in [0.15, 0.2) is 0 Å². The van der Waals surface area contributed by atoms with Gasteiger partial charge in [-0.15, -0.1) is 11.3 Å². The summed E-state index contributed by atoms with van der Waals surface area (Å²) in [6.07, 6.45) is 1.44. The van der Waals surface area contributed by atoms with Crippen molar-refractivity contribution < 1.29 is 4.42 Å². The highest BCUT2D eigenvalue weighted by molar-refractivity contribution is 7.25. The number of rotatable bonds is 0. The molecule has 0 unspecified atom stereocenters. The van der Waals surface area contributed by atoms with Crippen LogP contribution in [-0.2, 0) is 0 Å². The predicted molar refractivity (Wildman–Crippen MR) is 65.1 cm³/mol. The lowest BCUT2D eigenvalue weighted by Gasteiger charge is -1.98. The van der Waals surface area contributed by atoms with E-state index in [0.717, 1.165) is 26.9 Å². The molecule has 0 N–H and O–H groups in total. The van der Waals surface area contributed by atoms with Crippen molar-refractivity contribution in [3.63, 3.8) is 0 Å². The smallest absolute Gasteiger partial charge is 0.353 e. The molecule has 0 radical (unpaired) electrons. The van der Waals surface area contributed by atoms with E-state index >= 15 is 0 Å². The first-order valence-corrected chi connectivity index (χ1v) is 5.77. The van der Waals surface area contributed by atoms with Crippen LogP contribution >= 0.6 is 11.3 Å². The summed E-state index contributed by atoms with van der Waals surface area (Å²) in [6, 6.07) is 3.86. The Bertz CT molecular complexity index is 755. The Balaban J connectivity index is 2.67. The van der Waals surface area contributed by atoms with Crippen molar-refractivity contribution in [3.05, 3.63) is 40.1 Å². The maximum atomic E-state index is 11.6. The van der Waals surface area contributed by atoms with E-state index in [1.54, 1.807) is 0 Å². The molecule has 0 bridgehead atoms. The molecule has 0 spiro atoms. The van der Waals surface area contributed by atoms with E-state index in [2.05, 4.69) is 4.98 Å². The molecule has 4 heteroatoms. The van der Waals surface area contributed by atoms with Crippen LogP contribution in [0.2, 0.25) is 0 Å². The Morgan fingerprint density at radius 1 is 1.38 bits per heavy atom. The van der Waals surface area contributed by atoms with Crippen LogP contribution in [-0.4, -0.2) is 4.98 Å². The van der Waals surface area contributed by atoms with Gasteiger partial charge in [0.1, 0.15) is 9.53 Å². The number of aromatic nitrogens is 1. The van der Waals surface area contributed by atoms with E-state index in [1.165, 1.54) is 17.6 Å². The highest BCUT2D eigenvalue weighted by Gasteiger charge is 2.11. The molecule has 0 saturated heterocycles. The molecular weight excluding hydrogens is 222 g/mol. The van der Waals surface area contributed by atoms with Gasteiger partial charge in [0.05, 0.1) is 6.26 Å². The molecule has 0 aliphatic rings. The highest BCUT2D eigenvalue weighted by Crippen LogP contribution is 2.32. The summed E-state index contributed by atoms with van der Waals surface area (Å²) < 4.78 is 5.52. The fourth-order valence-electron chi connectivity index (χ4n) is 2.00. The number of nitrogens with zero attached hydrogens (tertiary/aromatic N) is 1. The molecule has 16 heavy (non-hydrogen) atoms. The zero-order valence-corrected chi connectivity index (χ0v) is 9.72. The molecule has 0 atom stereocenters. The molecule has 80 valence electrons. The lowest BCUT2D eigenvalue weighted by molar-refractivity contribution is 0.520. The van der Waals surface area contributed by atoms with Gasteiger partial charge in [-0.25, -0.2) is 9.78 Å². The molecule has 0 aliphatic carbocycles. The molecule has 0 amide bonds. The summed E-state index contributed by atoms with van der Waals surface area (Å²) in [4.78, 5) is 16.9. The molecule has 0 aromatic carbocycles. The fourth-order valence-corrected chi connectivity index (χ4v) is 3.16. The minimum atomic E-state index is -0.280. The predicted octanol–water partition coefficient (Wildman–Crippen LogP) is 3.02. The topological polar surface area (TPSA) is 43.1 Å². The summed E-state index contributed by atoms with van der Waals surface area (Å²) in [5, 5.41) is 2.01. The molecular formula is C12H9NO2S. The first kappa shape index (κ1) is 9.54. The Morgan fingerprint density at radius 2 is 2.19 bits per heavy atom. The fraction of sp³-hybridized carbons (Fsp3) is 0.167. The monoisotopic (exact) mass is 231 g/mol. The summed E-state index contributed by atoms with van der Waals surface area (Å²) in [7, 11) is 0. The normalized spacial score (nSPS) is 11.4. The molecule has 3 heterocycles. The lowest BCUT2D eigenvalue weighted by Crippen LogP contribution is -1.93. The van der Waals surface area contributed by atoms with Crippen LogP contribution in [0.4, 0.5) is 0 Å². The van der Waals surface area contributed by atoms with E-state index in [9.17, 15) is 4.79 Å². The SMILES string of the molecule is Cc1cc(C)c2c(n1)sc1c(=O)occc12. The van der Waals surface area contributed by atoms with Crippen molar-refractivity contribution in [3.8, 4) is 0 Å². The van der Waals surface area contributed by atoms with Crippen LogP contribution in [0.1, 0.15) is 11.3 Å². The summed E-state index contributed by atoms with van der Waals surface area (Å²) in [6.45, 7) is 4.00. The van der Waals surface area contributed by atoms with Crippen molar-refractivity contribution in [1.82, 2.24) is 4.98 Å². The Morgan fingerprint density at radius 3 is 3.00 bits per heavy atom. The van der Waals surface area contributed by atoms with Crippen molar-refractivity contribution in [2.24, 2.45) is 0 Å². The van der Waals surface area contributed by atoms with E-state index < -0.39 is 0 Å². The Labute approximate surface area is 95.4 Å². The second kappa shape index (κ2) is 3.15. The number of aryl methyl sites for hydroxylation is 2. The molecule has 3 aromatic heterocycles. The minimum absolute atomic E-state index is 0.280. The second-order valence-corrected chi connectivity index (χ2v) is 4.81. The Hall–Kier alpha value is -1.68. The molecule has 3 rings (SSSR count). The highest BCUT2D eigenvalue weighted by atomic mass is 32.1. The van der Waals surface area contributed by atoms with Crippen molar-refractivity contribution >= 4 is 31.6 Å². The first-order chi connectivity index (χ1) is 7.66. The number of fused-ring (bicyclic) bond motifs is 3. The maximum Gasteiger partial charge on any atom is 0.353 e. The largest absolute Gasteiger partial charge is 0.430 e. The minimum Gasteiger partial charge on any atom is -0.430 e. The first-order valence-electron chi connectivity index (χ1n) is 4.95. The standard InChI is InChI=1S/C12H9NO2S/c1-6-5-7(2)13-11-9(6)8-3-4-15-12(14)10(8)16-11/h3-5H,1-2H3. The molecule has 3 nitrogen and oxygen atoms in total. The van der Waals surface area contributed by atoms with Crippen LogP contribution in [0.5, 0.6) is 0 Å². The van der Waals surface area contributed by atoms with Crippen molar-refractivity contribution in [2.75, 3.05) is 0 Å². The van der Waals surface area contributed by atoms with E-state index in [4.69, 9.17) is 4.42 Å². The van der Waals surface area contributed by atoms with Crippen LogP contribution in [0.3, 0.4) is 0 Å². The average Bonchev–Trinajstić information content (AvgIpc) is 2.57. The summed E-state index contributed by atoms with van der Waals surface area (Å²) >= 11 is 1.40. The number of hydrogen-bond acceptors (Lipinski definition) is 4. The Kier molecular flexibility index (Phi) is 1.88. The van der Waals surface area contributed by atoms with Gasteiger partial charge in [-0.1, -0.05) is 0 Å². The van der Waals surface area contributed by atoms with Crippen LogP contribution in [0.25, 0.3) is 20.3 Å². The van der Waals surface area contributed by atoms with Gasteiger partial charge in [0.2, 0.25) is 0 Å². The molecule has 3 aromatic rings. The zero-order valence-electron chi connectivity index (χ0n) is 8.90. The van der Waals surface area contributed by atoms with Crippen LogP contribution in [0.15, 0.2) is 27.6 Å². The van der Waals surface area contributed by atoms with E-state index in [1.807, 2.05) is 26.0 Å². The maximum absolute atomic E-state index is 11.6. The number of pyridine rings is 1. The van der Waals surface area contributed by atoms with E-state index in [0.29, 0.717) is 4.70 Å². The third-order valence-electron chi connectivity index (χ3n) is 2.62. The number of hydrogen-bond donors (Lipinski definition) is 0. The molecule has 0 fully saturated rings. The van der Waals surface area contributed by atoms with Crippen molar-refractivity contribution in [2.45, 2.75) is 13.8 Å². The average molecular weight is 231 g/mol. The van der Waals surface area contributed by atoms with Gasteiger partial charge in [-0.3, -0.25) is 0 Å². The summed E-state index contributed by atoms with van der Waals surface area (Å²) in [5.74, 6) is 0. The van der Waals surface area contributed by atoms with Crippen LogP contribution in [0, 0.1) is 13.8 Å². The summed E-state index contributed by atoms with van der Waals surface area (Å²) in [5.41, 5.74) is 1.85. The van der Waals surface area contributed by atoms with Gasteiger partial charge < -0.3 is 4.42 Å². The third-order valence-corrected chi connectivity index (χ3v) is 3.70. The third kappa shape index (κ3) is 1.20. The molecule has 0 saturated carbocycles. The van der Waals surface area contributed by atoms with E-state index in [-0.39, 0.29) is 5.63 Å². The van der Waals surface area contributed by atoms with Gasteiger partial charge in [0.25, 0.3) is 0 Å². The van der Waals surface area contributed by atoms with Gasteiger partial charge in [-0.05, 0) is 31.5 Å².